The van der Waals surface area contributed by atoms with E-state index in [0.717, 1.165) is 5.75 Å². The van der Waals surface area contributed by atoms with E-state index in [1.165, 1.54) is 6.92 Å². The Balaban J connectivity index is 2.71. The van der Waals surface area contributed by atoms with Gasteiger partial charge in [-0.15, -0.1) is 0 Å². The van der Waals surface area contributed by atoms with Crippen LogP contribution in [0.3, 0.4) is 0 Å². The van der Waals surface area contributed by atoms with Crippen LogP contribution in [0.25, 0.3) is 0 Å². The van der Waals surface area contributed by atoms with Crippen molar-refractivity contribution in [3.8, 4) is 5.75 Å². The highest BCUT2D eigenvalue weighted by Gasteiger charge is 2.01. The van der Waals surface area contributed by atoms with Gasteiger partial charge in [-0.3, -0.25) is 0 Å². The molecule has 1 aromatic rings. The second-order valence-corrected chi connectivity index (χ2v) is 2.62. The van der Waals surface area contributed by atoms with Gasteiger partial charge in [0.25, 0.3) is 0 Å². The predicted octanol–water partition coefficient (Wildman–Crippen LogP) is 3.12. The SMILES string of the molecule is CCOc1ccc(C(C)F)cc1. The number of halogens is 1. The summed E-state index contributed by atoms with van der Waals surface area (Å²) in [4.78, 5) is 0. The maximum Gasteiger partial charge on any atom is 0.122 e. The van der Waals surface area contributed by atoms with E-state index in [2.05, 4.69) is 0 Å². The molecule has 1 aromatic carbocycles. The first-order valence-corrected chi connectivity index (χ1v) is 4.11. The molecule has 66 valence electrons. The molecule has 0 spiro atoms. The van der Waals surface area contributed by atoms with Gasteiger partial charge in [-0.1, -0.05) is 12.1 Å². The van der Waals surface area contributed by atoms with Gasteiger partial charge in [0.15, 0.2) is 0 Å². The molecular formula is C10H13FO. The smallest absolute Gasteiger partial charge is 0.122 e. The Morgan fingerprint density at radius 1 is 1.33 bits per heavy atom. The summed E-state index contributed by atoms with van der Waals surface area (Å²) >= 11 is 0. The molecule has 0 amide bonds. The zero-order chi connectivity index (χ0) is 8.97. The molecule has 0 aromatic heterocycles. The maximum absolute atomic E-state index is 12.7. The van der Waals surface area contributed by atoms with E-state index in [4.69, 9.17) is 4.74 Å². The van der Waals surface area contributed by atoms with Crippen LogP contribution in [0.1, 0.15) is 25.6 Å². The Morgan fingerprint density at radius 3 is 2.33 bits per heavy atom. The van der Waals surface area contributed by atoms with Crippen LogP contribution in [0.4, 0.5) is 4.39 Å². The number of hydrogen-bond donors (Lipinski definition) is 0. The van der Waals surface area contributed by atoms with Gasteiger partial charge in [0.1, 0.15) is 11.9 Å². The monoisotopic (exact) mass is 168 g/mol. The number of rotatable bonds is 3. The zero-order valence-corrected chi connectivity index (χ0v) is 7.38. The van der Waals surface area contributed by atoms with Crippen LogP contribution in [0, 0.1) is 0 Å². The van der Waals surface area contributed by atoms with E-state index in [1.807, 2.05) is 6.92 Å². The van der Waals surface area contributed by atoms with Gasteiger partial charge in [-0.2, -0.15) is 0 Å². The van der Waals surface area contributed by atoms with Crippen LogP contribution in [-0.2, 0) is 0 Å². The van der Waals surface area contributed by atoms with Crippen LogP contribution in [-0.4, -0.2) is 6.61 Å². The van der Waals surface area contributed by atoms with Gasteiger partial charge in [0.2, 0.25) is 0 Å². The first-order valence-electron chi connectivity index (χ1n) is 4.11. The van der Waals surface area contributed by atoms with E-state index in [0.29, 0.717) is 12.2 Å². The lowest BCUT2D eigenvalue weighted by molar-refractivity contribution is 0.339. The van der Waals surface area contributed by atoms with Crippen molar-refractivity contribution in [2.24, 2.45) is 0 Å². The summed E-state index contributed by atoms with van der Waals surface area (Å²) in [6.07, 6.45) is -0.902. The first-order chi connectivity index (χ1) is 5.74. The second-order valence-electron chi connectivity index (χ2n) is 2.62. The Labute approximate surface area is 72.2 Å². The highest BCUT2D eigenvalue weighted by molar-refractivity contribution is 5.28. The fourth-order valence-electron chi connectivity index (χ4n) is 0.996. The lowest BCUT2D eigenvalue weighted by Crippen LogP contribution is -1.91. The summed E-state index contributed by atoms with van der Waals surface area (Å²) < 4.78 is 17.9. The summed E-state index contributed by atoms with van der Waals surface area (Å²) in [5.74, 6) is 0.793. The summed E-state index contributed by atoms with van der Waals surface area (Å²) in [7, 11) is 0. The third-order valence-corrected chi connectivity index (χ3v) is 1.65. The molecule has 1 nitrogen and oxygen atoms in total. The fraction of sp³-hybridized carbons (Fsp3) is 0.400. The molecule has 2 heteroatoms. The number of benzene rings is 1. The van der Waals surface area contributed by atoms with E-state index in [9.17, 15) is 4.39 Å². The van der Waals surface area contributed by atoms with Crippen LogP contribution in [0.5, 0.6) is 5.75 Å². The number of alkyl halides is 1. The molecule has 0 radical (unpaired) electrons. The van der Waals surface area contributed by atoms with Crippen LogP contribution < -0.4 is 4.74 Å². The Kier molecular flexibility index (Phi) is 3.09. The fourth-order valence-corrected chi connectivity index (χ4v) is 0.996. The molecule has 0 N–H and O–H groups in total. The van der Waals surface area contributed by atoms with Gasteiger partial charge < -0.3 is 4.74 Å². The van der Waals surface area contributed by atoms with Gasteiger partial charge >= 0.3 is 0 Å². The van der Waals surface area contributed by atoms with E-state index >= 15 is 0 Å². The van der Waals surface area contributed by atoms with Crippen molar-refractivity contribution in [3.63, 3.8) is 0 Å². The first kappa shape index (κ1) is 9.04. The van der Waals surface area contributed by atoms with Crippen molar-refractivity contribution in [3.05, 3.63) is 29.8 Å². The van der Waals surface area contributed by atoms with Crippen molar-refractivity contribution in [1.29, 1.82) is 0 Å². The van der Waals surface area contributed by atoms with E-state index in [-0.39, 0.29) is 0 Å². The third kappa shape index (κ3) is 2.22. The van der Waals surface area contributed by atoms with Gasteiger partial charge in [0, 0.05) is 0 Å². The standard InChI is InChI=1S/C10H13FO/c1-3-12-10-6-4-9(5-7-10)8(2)11/h4-8H,3H2,1-2H3. The normalized spacial score (nSPS) is 12.6. The van der Waals surface area contributed by atoms with E-state index in [1.54, 1.807) is 24.3 Å². The molecule has 0 saturated heterocycles. The lowest BCUT2D eigenvalue weighted by atomic mass is 10.1. The predicted molar refractivity (Wildman–Crippen MR) is 47.1 cm³/mol. The third-order valence-electron chi connectivity index (χ3n) is 1.65. The molecule has 0 heterocycles. The minimum Gasteiger partial charge on any atom is -0.494 e. The molecule has 0 aliphatic carbocycles. The Hall–Kier alpha value is -1.05. The minimum absolute atomic E-state index is 0.643. The summed E-state index contributed by atoms with van der Waals surface area (Å²) in [5, 5.41) is 0. The zero-order valence-electron chi connectivity index (χ0n) is 7.38. The molecule has 0 aliphatic rings. The molecule has 0 fully saturated rings. The lowest BCUT2D eigenvalue weighted by Gasteiger charge is -2.04. The van der Waals surface area contributed by atoms with Crippen molar-refractivity contribution in [2.75, 3.05) is 6.61 Å². The molecule has 12 heavy (non-hydrogen) atoms. The highest BCUT2D eigenvalue weighted by Crippen LogP contribution is 2.19. The summed E-state index contributed by atoms with van der Waals surface area (Å²) in [5.41, 5.74) is 0.693. The number of hydrogen-bond acceptors (Lipinski definition) is 1. The second kappa shape index (κ2) is 4.10. The highest BCUT2D eigenvalue weighted by atomic mass is 19.1. The largest absolute Gasteiger partial charge is 0.494 e. The molecule has 1 unspecified atom stereocenters. The minimum atomic E-state index is -0.902. The van der Waals surface area contributed by atoms with E-state index < -0.39 is 6.17 Å². The Morgan fingerprint density at radius 2 is 1.92 bits per heavy atom. The maximum atomic E-state index is 12.7. The topological polar surface area (TPSA) is 9.23 Å². The van der Waals surface area contributed by atoms with Crippen LogP contribution in [0.2, 0.25) is 0 Å². The number of ether oxygens (including phenoxy) is 1. The summed E-state index contributed by atoms with van der Waals surface area (Å²) in [6, 6.07) is 7.06. The molecule has 1 rings (SSSR count). The Bertz CT molecular complexity index is 228. The van der Waals surface area contributed by atoms with Crippen LogP contribution in [0.15, 0.2) is 24.3 Å². The van der Waals surface area contributed by atoms with Crippen molar-refractivity contribution in [2.45, 2.75) is 20.0 Å². The van der Waals surface area contributed by atoms with Crippen LogP contribution >= 0.6 is 0 Å². The van der Waals surface area contributed by atoms with Gasteiger partial charge in [-0.05, 0) is 31.5 Å². The molecule has 0 bridgehead atoms. The van der Waals surface area contributed by atoms with Crippen molar-refractivity contribution in [1.82, 2.24) is 0 Å². The molecular weight excluding hydrogens is 155 g/mol. The summed E-state index contributed by atoms with van der Waals surface area (Å²) in [6.45, 7) is 4.09. The van der Waals surface area contributed by atoms with Gasteiger partial charge in [0.05, 0.1) is 6.61 Å². The quantitative estimate of drug-likeness (QED) is 0.673. The molecule has 0 aliphatic heterocycles. The average Bonchev–Trinajstić information content (AvgIpc) is 2.06. The van der Waals surface area contributed by atoms with Gasteiger partial charge in [-0.25, -0.2) is 4.39 Å². The van der Waals surface area contributed by atoms with Crippen molar-refractivity contribution >= 4 is 0 Å². The van der Waals surface area contributed by atoms with Crippen molar-refractivity contribution < 1.29 is 9.13 Å². The molecule has 1 atom stereocenters. The molecule has 0 saturated carbocycles. The average molecular weight is 168 g/mol.